The number of nitrogens with zero attached hydrogens (tertiary/aromatic N) is 3. The average Bonchev–Trinajstić information content (AvgIpc) is 3.10. The molecule has 29 heavy (non-hydrogen) atoms. The Balaban J connectivity index is 1.93. The van der Waals surface area contributed by atoms with Crippen molar-refractivity contribution in [3.8, 4) is 11.3 Å². The van der Waals surface area contributed by atoms with Crippen LogP contribution < -0.4 is 10.1 Å². The lowest BCUT2D eigenvalue weighted by Gasteiger charge is -2.04. The minimum absolute atomic E-state index is 0.119. The van der Waals surface area contributed by atoms with Crippen molar-refractivity contribution in [2.24, 2.45) is 10.1 Å². The van der Waals surface area contributed by atoms with Gasteiger partial charge in [0.15, 0.2) is 0 Å². The molecular formula is C21H21FN4O2S. The van der Waals surface area contributed by atoms with Gasteiger partial charge in [0.25, 0.3) is 0 Å². The average molecular weight is 412 g/mol. The number of methoxy groups -OCH3 is 1. The molecule has 0 spiro atoms. The van der Waals surface area contributed by atoms with E-state index in [9.17, 15) is 9.18 Å². The molecule has 3 aromatic rings. The summed E-state index contributed by atoms with van der Waals surface area (Å²) in [6.07, 6.45) is 1.71. The molecule has 0 unspecified atom stereocenters. The molecule has 0 aliphatic heterocycles. The zero-order chi connectivity index (χ0) is 20.6. The first-order valence-electron chi connectivity index (χ1n) is 8.95. The summed E-state index contributed by atoms with van der Waals surface area (Å²) in [7, 11) is 1.63. The quantitative estimate of drug-likeness (QED) is 0.474. The molecule has 0 aliphatic carbocycles. The summed E-state index contributed by atoms with van der Waals surface area (Å²) in [4.78, 5) is 16.4. The van der Waals surface area contributed by atoms with Gasteiger partial charge in [-0.1, -0.05) is 12.1 Å². The Bertz CT molecular complexity index is 1050. The number of carbonyl (C=O) groups excluding carboxylic acids is 1. The predicted molar refractivity (Wildman–Crippen MR) is 114 cm³/mol. The van der Waals surface area contributed by atoms with E-state index >= 15 is 0 Å². The van der Waals surface area contributed by atoms with Gasteiger partial charge >= 0.3 is 0 Å². The van der Waals surface area contributed by atoms with Gasteiger partial charge in [0.1, 0.15) is 5.82 Å². The van der Waals surface area contributed by atoms with Crippen LogP contribution in [0.3, 0.4) is 0 Å². The van der Waals surface area contributed by atoms with E-state index in [0.717, 1.165) is 22.5 Å². The smallest absolute Gasteiger partial charge is 0.221 e. The molecule has 0 aliphatic rings. The first-order chi connectivity index (χ1) is 14.1. The maximum absolute atomic E-state index is 13.3. The Labute approximate surface area is 172 Å². The highest BCUT2D eigenvalue weighted by Gasteiger charge is 2.07. The maximum Gasteiger partial charge on any atom is 0.221 e. The second-order valence-corrected chi connectivity index (χ2v) is 6.98. The van der Waals surface area contributed by atoms with Crippen LogP contribution in [-0.2, 0) is 9.53 Å². The highest BCUT2D eigenvalue weighted by Crippen LogP contribution is 2.20. The van der Waals surface area contributed by atoms with Gasteiger partial charge in [-0.15, -0.1) is 11.3 Å². The number of hydrogen-bond donors (Lipinski definition) is 1. The SMILES string of the molecule is COCCN=c1scc(-c2ccc(F)cc2)n1/N=C\c1ccc(NC(C)=O)cc1. The van der Waals surface area contributed by atoms with E-state index in [1.165, 1.54) is 30.4 Å². The summed E-state index contributed by atoms with van der Waals surface area (Å²) >= 11 is 1.46. The van der Waals surface area contributed by atoms with E-state index < -0.39 is 0 Å². The van der Waals surface area contributed by atoms with E-state index in [4.69, 9.17) is 4.74 Å². The number of ether oxygens (including phenoxy) is 1. The molecule has 0 bridgehead atoms. The lowest BCUT2D eigenvalue weighted by atomic mass is 10.2. The third-order valence-corrected chi connectivity index (χ3v) is 4.78. The Morgan fingerprint density at radius 2 is 1.93 bits per heavy atom. The number of anilines is 1. The third kappa shape index (κ3) is 5.69. The molecule has 2 aromatic carbocycles. The summed E-state index contributed by atoms with van der Waals surface area (Å²) in [5.41, 5.74) is 3.25. The fraction of sp³-hybridized carbons (Fsp3) is 0.190. The summed E-state index contributed by atoms with van der Waals surface area (Å²) in [6, 6.07) is 13.6. The van der Waals surface area contributed by atoms with Gasteiger partial charge < -0.3 is 10.1 Å². The molecular weight excluding hydrogens is 391 g/mol. The minimum Gasteiger partial charge on any atom is -0.383 e. The minimum atomic E-state index is -0.289. The number of hydrogen-bond acceptors (Lipinski definition) is 5. The number of nitrogens with one attached hydrogen (secondary N) is 1. The van der Waals surface area contributed by atoms with Crippen LogP contribution in [0.1, 0.15) is 12.5 Å². The monoisotopic (exact) mass is 412 g/mol. The lowest BCUT2D eigenvalue weighted by Crippen LogP contribution is -2.13. The van der Waals surface area contributed by atoms with Crippen LogP contribution in [0, 0.1) is 5.82 Å². The van der Waals surface area contributed by atoms with Gasteiger partial charge in [0.05, 0.1) is 25.1 Å². The van der Waals surface area contributed by atoms with Crippen molar-refractivity contribution >= 4 is 29.1 Å². The highest BCUT2D eigenvalue weighted by atomic mass is 32.1. The first kappa shape index (κ1) is 20.6. The molecule has 1 N–H and O–H groups in total. The zero-order valence-electron chi connectivity index (χ0n) is 16.1. The highest BCUT2D eigenvalue weighted by molar-refractivity contribution is 7.07. The number of aromatic nitrogens is 1. The molecule has 3 rings (SSSR count). The second-order valence-electron chi connectivity index (χ2n) is 6.14. The van der Waals surface area contributed by atoms with Crippen LogP contribution in [0.4, 0.5) is 10.1 Å². The van der Waals surface area contributed by atoms with Crippen LogP contribution in [0.25, 0.3) is 11.3 Å². The van der Waals surface area contributed by atoms with Crippen molar-refractivity contribution in [3.05, 3.63) is 70.1 Å². The largest absolute Gasteiger partial charge is 0.383 e. The van der Waals surface area contributed by atoms with E-state index in [0.29, 0.717) is 18.0 Å². The summed E-state index contributed by atoms with van der Waals surface area (Å²) in [5, 5.41) is 9.26. The van der Waals surface area contributed by atoms with Gasteiger partial charge in [0, 0.05) is 30.7 Å². The topological polar surface area (TPSA) is 68.0 Å². The van der Waals surface area contributed by atoms with Gasteiger partial charge in [-0.2, -0.15) is 5.10 Å². The summed E-state index contributed by atoms with van der Waals surface area (Å²) in [5.74, 6) is -0.408. The summed E-state index contributed by atoms with van der Waals surface area (Å²) < 4.78 is 20.1. The van der Waals surface area contributed by atoms with Crippen molar-refractivity contribution in [3.63, 3.8) is 0 Å². The molecule has 0 fully saturated rings. The Hall–Kier alpha value is -3.10. The Morgan fingerprint density at radius 3 is 2.59 bits per heavy atom. The first-order valence-corrected chi connectivity index (χ1v) is 9.82. The van der Waals surface area contributed by atoms with Gasteiger partial charge in [-0.25, -0.2) is 9.07 Å². The molecule has 0 saturated heterocycles. The van der Waals surface area contributed by atoms with Gasteiger partial charge in [-0.3, -0.25) is 9.79 Å². The van der Waals surface area contributed by atoms with Crippen LogP contribution in [0.5, 0.6) is 0 Å². The molecule has 0 radical (unpaired) electrons. The van der Waals surface area contributed by atoms with Gasteiger partial charge in [-0.05, 0) is 42.0 Å². The van der Waals surface area contributed by atoms with Gasteiger partial charge in [0.2, 0.25) is 10.7 Å². The molecule has 1 amide bonds. The van der Waals surface area contributed by atoms with Crippen molar-refractivity contribution in [2.45, 2.75) is 6.92 Å². The number of carbonyl (C=O) groups is 1. The number of halogens is 1. The lowest BCUT2D eigenvalue weighted by molar-refractivity contribution is -0.114. The van der Waals surface area contributed by atoms with E-state index in [-0.39, 0.29) is 11.7 Å². The molecule has 1 aromatic heterocycles. The fourth-order valence-corrected chi connectivity index (χ4v) is 3.42. The Morgan fingerprint density at radius 1 is 1.21 bits per heavy atom. The van der Waals surface area contributed by atoms with Crippen molar-refractivity contribution in [1.29, 1.82) is 0 Å². The van der Waals surface area contributed by atoms with Crippen LogP contribution in [0.15, 0.2) is 64.0 Å². The van der Waals surface area contributed by atoms with Crippen molar-refractivity contribution < 1.29 is 13.9 Å². The number of rotatable bonds is 7. The van der Waals surface area contributed by atoms with Crippen molar-refractivity contribution in [1.82, 2.24) is 4.68 Å². The van der Waals surface area contributed by atoms with E-state index in [1.54, 1.807) is 30.1 Å². The Kier molecular flexibility index (Phi) is 7.04. The zero-order valence-corrected chi connectivity index (χ0v) is 16.9. The molecule has 8 heteroatoms. The number of benzene rings is 2. The molecule has 6 nitrogen and oxygen atoms in total. The van der Waals surface area contributed by atoms with Crippen LogP contribution >= 0.6 is 11.3 Å². The predicted octanol–water partition coefficient (Wildman–Crippen LogP) is 3.74. The second kappa shape index (κ2) is 9.90. The van der Waals surface area contributed by atoms with Crippen LogP contribution in [0.2, 0.25) is 0 Å². The third-order valence-electron chi connectivity index (χ3n) is 3.92. The summed E-state index contributed by atoms with van der Waals surface area (Å²) in [6.45, 7) is 2.49. The van der Waals surface area contributed by atoms with E-state index in [2.05, 4.69) is 15.4 Å². The van der Waals surface area contributed by atoms with Crippen molar-refractivity contribution in [2.75, 3.05) is 25.6 Å². The molecule has 1 heterocycles. The van der Waals surface area contributed by atoms with E-state index in [1.807, 2.05) is 29.6 Å². The fourth-order valence-electron chi connectivity index (χ4n) is 2.55. The number of amides is 1. The molecule has 0 atom stereocenters. The molecule has 150 valence electrons. The number of thiazole rings is 1. The molecule has 0 saturated carbocycles. The maximum atomic E-state index is 13.3. The normalized spacial score (nSPS) is 11.9. The standard InChI is InChI=1S/C21H21FN4O2S/c1-15(27)25-19-9-3-16(4-10-19)13-24-26-20(17-5-7-18(22)8-6-17)14-29-21(26)23-11-12-28-2/h3-10,13-14H,11-12H2,1-2H3,(H,25,27)/b23-21?,24-13-. The van der Waals surface area contributed by atoms with Crippen LogP contribution in [-0.4, -0.2) is 37.1 Å².